The summed E-state index contributed by atoms with van der Waals surface area (Å²) in [5.74, 6) is 2.54. The van der Waals surface area contributed by atoms with E-state index in [-0.39, 0.29) is 30.1 Å². The van der Waals surface area contributed by atoms with Crippen LogP contribution in [0.15, 0.2) is 117 Å². The maximum absolute atomic E-state index is 17.8. The van der Waals surface area contributed by atoms with Gasteiger partial charge in [-0.1, -0.05) is 80.6 Å². The number of aromatic nitrogens is 2. The first-order valence-corrected chi connectivity index (χ1v) is 22.5. The van der Waals surface area contributed by atoms with E-state index in [9.17, 15) is 0 Å². The van der Waals surface area contributed by atoms with Crippen LogP contribution in [0.5, 0.6) is 0 Å². The highest BCUT2D eigenvalue weighted by Crippen LogP contribution is 2.52. The van der Waals surface area contributed by atoms with Crippen LogP contribution in [0.2, 0.25) is 0 Å². The standard InChI is InChI=1S/C52H63FN4O2/c1-5-28-58-51(44-20-24-54-46-18-11-9-16-42(44)46)48-30-38-22-26-56(48,32-36(38)7-3)34-40-14-13-15-41(50(40)53)35-57-27-23-39(37(8-4)33-57)31-49(57)52(59-29-6-2)45-21-25-55-47-19-12-10-17-43(45)47/h5-6,9-21,24-25,36-39,48-49,51-52H,1-2,7-8,22-23,26-35H2,3-4H3/q+2/t36-,37-,38-,39-,48-,49-,51+,52+,56?,57?/m0/s1. The first-order chi connectivity index (χ1) is 28.9. The van der Waals surface area contributed by atoms with Gasteiger partial charge in [-0.3, -0.25) is 9.97 Å². The van der Waals surface area contributed by atoms with Crippen LogP contribution in [0.4, 0.5) is 4.39 Å². The average Bonchev–Trinajstić information content (AvgIpc) is 3.28. The highest BCUT2D eigenvalue weighted by Gasteiger charge is 2.57. The molecule has 308 valence electrons. The molecule has 8 heterocycles. The molecule has 6 nitrogen and oxygen atoms in total. The molecule has 0 radical (unpaired) electrons. The summed E-state index contributed by atoms with van der Waals surface area (Å²) in [6.07, 6.45) is 14.1. The van der Waals surface area contributed by atoms with Gasteiger partial charge in [-0.2, -0.15) is 0 Å². The Morgan fingerprint density at radius 2 is 1.12 bits per heavy atom. The lowest BCUT2D eigenvalue weighted by atomic mass is 9.70. The lowest BCUT2D eigenvalue weighted by Gasteiger charge is -2.59. The summed E-state index contributed by atoms with van der Waals surface area (Å²) in [5.41, 5.74) is 6.03. The number of ether oxygens (including phenoxy) is 2. The third kappa shape index (κ3) is 7.36. The van der Waals surface area contributed by atoms with Crippen LogP contribution in [0.1, 0.15) is 86.8 Å². The topological polar surface area (TPSA) is 44.2 Å². The van der Waals surface area contributed by atoms with E-state index in [4.69, 9.17) is 19.4 Å². The van der Waals surface area contributed by atoms with Gasteiger partial charge in [-0.05, 0) is 60.1 Å². The van der Waals surface area contributed by atoms with Gasteiger partial charge in [0.15, 0.2) is 0 Å². The molecule has 4 bridgehead atoms. The predicted octanol–water partition coefficient (Wildman–Crippen LogP) is 11.1. The van der Waals surface area contributed by atoms with Crippen LogP contribution >= 0.6 is 0 Å². The number of piperidine rings is 6. The Labute approximate surface area is 350 Å². The third-order valence-electron chi connectivity index (χ3n) is 15.6. The minimum absolute atomic E-state index is 0.0117. The fourth-order valence-electron chi connectivity index (χ4n) is 12.7. The molecule has 0 aliphatic carbocycles. The number of rotatable bonds is 16. The molecule has 3 aromatic carbocycles. The second-order valence-corrected chi connectivity index (χ2v) is 18.4. The molecule has 6 fully saturated rings. The van der Waals surface area contributed by atoms with Gasteiger partial charge in [0.25, 0.3) is 0 Å². The molecule has 5 aromatic rings. The molecular formula is C52H63FN4O2+2. The molecule has 0 amide bonds. The van der Waals surface area contributed by atoms with Gasteiger partial charge in [0.1, 0.15) is 43.2 Å². The monoisotopic (exact) mass is 794 g/mol. The van der Waals surface area contributed by atoms with Crippen LogP contribution in [0.3, 0.4) is 0 Å². The van der Waals surface area contributed by atoms with Crippen molar-refractivity contribution in [3.05, 3.63) is 145 Å². The SMILES string of the molecule is C=CCO[C@H](c1ccnc2ccccc12)[C@@H]1C[C@@H]2CC[N+]1(Cc1cccc(C[N+]34CC[C@@H](C[C@H]3[C@H](OCC=C)c3ccnc5ccccc35)[C@@H](CC)C4)c1F)C[C@@H]2CC. The van der Waals surface area contributed by atoms with E-state index in [1.54, 1.807) is 0 Å². The maximum atomic E-state index is 17.8. The van der Waals surface area contributed by atoms with E-state index in [2.05, 4.69) is 106 Å². The van der Waals surface area contributed by atoms with Crippen molar-refractivity contribution >= 4 is 21.8 Å². The molecule has 0 N–H and O–H groups in total. The zero-order chi connectivity index (χ0) is 40.6. The molecule has 10 atom stereocenters. The fourth-order valence-corrected chi connectivity index (χ4v) is 12.7. The smallest absolute Gasteiger partial charge is 0.140 e. The highest BCUT2D eigenvalue weighted by molar-refractivity contribution is 5.83. The summed E-state index contributed by atoms with van der Waals surface area (Å²) in [6, 6.07) is 27.9. The summed E-state index contributed by atoms with van der Waals surface area (Å²) in [6.45, 7) is 19.2. The molecule has 2 aromatic heterocycles. The van der Waals surface area contributed by atoms with Crippen LogP contribution in [0, 0.1) is 29.5 Å². The number of quaternary nitrogens is 2. The zero-order valence-corrected chi connectivity index (χ0v) is 35.2. The van der Waals surface area contributed by atoms with E-state index in [0.29, 0.717) is 50.0 Å². The Balaban J connectivity index is 1.09. The number of nitrogens with zero attached hydrogens (tertiary/aromatic N) is 4. The first kappa shape index (κ1) is 40.2. The Hall–Kier alpha value is -4.27. The molecule has 0 saturated carbocycles. The van der Waals surface area contributed by atoms with Crippen LogP contribution in [-0.4, -0.2) is 70.4 Å². The number of hydrogen-bond donors (Lipinski definition) is 0. The van der Waals surface area contributed by atoms with Gasteiger partial charge >= 0.3 is 0 Å². The van der Waals surface area contributed by atoms with Gasteiger partial charge in [-0.15, -0.1) is 13.2 Å². The molecule has 6 aliphatic rings. The number of benzene rings is 3. The van der Waals surface area contributed by atoms with Crippen molar-refractivity contribution in [2.24, 2.45) is 23.7 Å². The number of para-hydroxylation sites is 2. The van der Waals surface area contributed by atoms with Gasteiger partial charge in [0.05, 0.1) is 50.4 Å². The molecule has 6 aliphatic heterocycles. The highest BCUT2D eigenvalue weighted by atomic mass is 19.1. The van der Waals surface area contributed by atoms with E-state index in [1.165, 1.54) is 24.0 Å². The van der Waals surface area contributed by atoms with Crippen molar-refractivity contribution < 1.29 is 22.8 Å². The normalized spacial score (nSPS) is 29.7. The van der Waals surface area contributed by atoms with Crippen LogP contribution in [0.25, 0.3) is 21.8 Å². The maximum Gasteiger partial charge on any atom is 0.140 e. The molecule has 6 saturated heterocycles. The number of fused-ring (bicyclic) bond motifs is 8. The van der Waals surface area contributed by atoms with E-state index < -0.39 is 0 Å². The minimum Gasteiger partial charge on any atom is -0.363 e. The second-order valence-electron chi connectivity index (χ2n) is 18.4. The summed E-state index contributed by atoms with van der Waals surface area (Å²) in [5, 5.41) is 2.28. The Kier molecular flexibility index (Phi) is 11.6. The Bertz CT molecular complexity index is 2130. The Morgan fingerprint density at radius 1 is 0.661 bits per heavy atom. The molecule has 0 spiro atoms. The van der Waals surface area contributed by atoms with Crippen molar-refractivity contribution in [2.75, 3.05) is 39.4 Å². The summed E-state index contributed by atoms with van der Waals surface area (Å²) < 4.78 is 33.2. The largest absolute Gasteiger partial charge is 0.363 e. The third-order valence-corrected chi connectivity index (χ3v) is 15.6. The lowest BCUT2D eigenvalue weighted by Crippen LogP contribution is -2.68. The van der Waals surface area contributed by atoms with E-state index >= 15 is 4.39 Å². The number of halogens is 1. The van der Waals surface area contributed by atoms with Gasteiger partial charge in [-0.25, -0.2) is 4.39 Å². The molecule has 59 heavy (non-hydrogen) atoms. The van der Waals surface area contributed by atoms with Gasteiger partial charge in [0, 0.05) is 71.8 Å². The lowest BCUT2D eigenvalue weighted by molar-refractivity contribution is -0.986. The summed E-state index contributed by atoms with van der Waals surface area (Å²) in [7, 11) is 0. The summed E-state index contributed by atoms with van der Waals surface area (Å²) >= 11 is 0. The second kappa shape index (κ2) is 17.0. The summed E-state index contributed by atoms with van der Waals surface area (Å²) in [4.78, 5) is 9.43. The number of pyridine rings is 2. The minimum atomic E-state index is -0.149. The van der Waals surface area contributed by atoms with Crippen molar-refractivity contribution in [1.82, 2.24) is 9.97 Å². The van der Waals surface area contributed by atoms with E-state index in [0.717, 1.165) is 93.8 Å². The molecule has 11 rings (SSSR count). The average molecular weight is 795 g/mol. The molecule has 2 unspecified atom stereocenters. The number of hydrogen-bond acceptors (Lipinski definition) is 4. The Morgan fingerprint density at radius 3 is 1.56 bits per heavy atom. The van der Waals surface area contributed by atoms with Crippen LogP contribution < -0.4 is 0 Å². The van der Waals surface area contributed by atoms with Crippen LogP contribution in [-0.2, 0) is 22.6 Å². The predicted molar refractivity (Wildman–Crippen MR) is 236 cm³/mol. The van der Waals surface area contributed by atoms with Crippen molar-refractivity contribution in [2.45, 2.75) is 89.8 Å². The van der Waals surface area contributed by atoms with Crippen molar-refractivity contribution in [3.8, 4) is 0 Å². The first-order valence-electron chi connectivity index (χ1n) is 22.5. The zero-order valence-electron chi connectivity index (χ0n) is 35.2. The quantitative estimate of drug-likeness (QED) is 0.0737. The molecule has 7 heteroatoms. The fraction of sp³-hybridized carbons (Fsp3) is 0.462. The van der Waals surface area contributed by atoms with E-state index in [1.807, 2.05) is 24.5 Å². The van der Waals surface area contributed by atoms with Gasteiger partial charge in [0.2, 0.25) is 0 Å². The van der Waals surface area contributed by atoms with Gasteiger partial charge < -0.3 is 18.4 Å². The molecular weight excluding hydrogens is 732 g/mol. The van der Waals surface area contributed by atoms with Crippen molar-refractivity contribution in [1.29, 1.82) is 0 Å². The van der Waals surface area contributed by atoms with Crippen molar-refractivity contribution in [3.63, 3.8) is 0 Å².